The van der Waals surface area contributed by atoms with Gasteiger partial charge in [0, 0.05) is 30.6 Å². The number of anilines is 1. The fourth-order valence-corrected chi connectivity index (χ4v) is 3.05. The van der Waals surface area contributed by atoms with E-state index in [1.165, 1.54) is 6.07 Å². The van der Waals surface area contributed by atoms with Gasteiger partial charge in [0.1, 0.15) is 11.6 Å². The van der Waals surface area contributed by atoms with Gasteiger partial charge >= 0.3 is 0 Å². The summed E-state index contributed by atoms with van der Waals surface area (Å²) in [7, 11) is 0. The van der Waals surface area contributed by atoms with Crippen molar-refractivity contribution in [2.24, 2.45) is 0 Å². The number of hydrogen-bond donors (Lipinski definition) is 1. The van der Waals surface area contributed by atoms with Crippen LogP contribution in [0.1, 0.15) is 24.4 Å². The van der Waals surface area contributed by atoms with Crippen molar-refractivity contribution in [2.45, 2.75) is 18.9 Å². The van der Waals surface area contributed by atoms with Gasteiger partial charge in [-0.15, -0.1) is 0 Å². The molecule has 7 heteroatoms. The average Bonchev–Trinajstić information content (AvgIpc) is 3.17. The summed E-state index contributed by atoms with van der Waals surface area (Å²) in [6.07, 6.45) is 6.35. The van der Waals surface area contributed by atoms with E-state index >= 15 is 0 Å². The summed E-state index contributed by atoms with van der Waals surface area (Å²) in [5.74, 6) is 0.347. The number of nitrogens with zero attached hydrogens (tertiary/aromatic N) is 4. The molecule has 0 aromatic carbocycles. The Hall–Kier alpha value is -2.70. The van der Waals surface area contributed by atoms with Gasteiger partial charge in [-0.1, -0.05) is 0 Å². The number of fused-ring (bicyclic) bond motifs is 1. The minimum atomic E-state index is -0.430. The van der Waals surface area contributed by atoms with E-state index < -0.39 is 5.82 Å². The van der Waals surface area contributed by atoms with E-state index in [1.807, 2.05) is 18.3 Å². The van der Waals surface area contributed by atoms with E-state index in [2.05, 4.69) is 20.0 Å². The van der Waals surface area contributed by atoms with Gasteiger partial charge in [-0.3, -0.25) is 4.79 Å². The molecule has 0 saturated carbocycles. The fraction of sp³-hybridized carbons (Fsp3) is 0.267. The van der Waals surface area contributed by atoms with Gasteiger partial charge in [-0.05, 0) is 25.0 Å². The summed E-state index contributed by atoms with van der Waals surface area (Å²) in [6, 6.07) is 4.85. The van der Waals surface area contributed by atoms with Crippen LogP contribution in [0, 0.1) is 5.82 Å². The molecule has 3 aromatic rings. The Labute approximate surface area is 125 Å². The van der Waals surface area contributed by atoms with Crippen LogP contribution in [0.5, 0.6) is 0 Å². The first-order chi connectivity index (χ1) is 10.7. The van der Waals surface area contributed by atoms with Gasteiger partial charge in [-0.25, -0.2) is 13.9 Å². The van der Waals surface area contributed by atoms with Crippen LogP contribution in [0.25, 0.3) is 5.65 Å². The number of pyridine rings is 1. The highest BCUT2D eigenvalue weighted by Gasteiger charge is 2.29. The highest BCUT2D eigenvalue weighted by Crippen LogP contribution is 2.33. The number of nitrogens with one attached hydrogen (secondary N) is 1. The molecule has 1 fully saturated rings. The second kappa shape index (κ2) is 4.94. The summed E-state index contributed by atoms with van der Waals surface area (Å²) < 4.78 is 15.2. The molecule has 1 saturated heterocycles. The van der Waals surface area contributed by atoms with Crippen molar-refractivity contribution in [3.63, 3.8) is 0 Å². The van der Waals surface area contributed by atoms with Crippen molar-refractivity contribution in [3.05, 3.63) is 58.5 Å². The van der Waals surface area contributed by atoms with Crippen molar-refractivity contribution < 1.29 is 4.39 Å². The Balaban J connectivity index is 1.77. The minimum absolute atomic E-state index is 0.155. The third-order valence-electron chi connectivity index (χ3n) is 4.05. The number of H-pyrrole nitrogens is 1. The Morgan fingerprint density at radius 1 is 1.36 bits per heavy atom. The highest BCUT2D eigenvalue weighted by molar-refractivity contribution is 5.49. The molecule has 4 rings (SSSR count). The van der Waals surface area contributed by atoms with Crippen LogP contribution in [0.3, 0.4) is 0 Å². The van der Waals surface area contributed by atoms with Crippen molar-refractivity contribution in [3.8, 4) is 0 Å². The predicted octanol–water partition coefficient (Wildman–Crippen LogP) is 1.90. The number of hydrogen-bond acceptors (Lipinski definition) is 4. The first-order valence-electron chi connectivity index (χ1n) is 7.17. The second-order valence-electron chi connectivity index (χ2n) is 5.37. The van der Waals surface area contributed by atoms with Crippen LogP contribution < -0.4 is 10.5 Å². The third-order valence-corrected chi connectivity index (χ3v) is 4.05. The van der Waals surface area contributed by atoms with E-state index in [9.17, 15) is 9.18 Å². The van der Waals surface area contributed by atoms with Crippen molar-refractivity contribution in [2.75, 3.05) is 11.4 Å². The largest absolute Gasteiger partial charge is 0.349 e. The standard InChI is InChI=1S/C15H14FN5O/c16-10-8-11(15(22)17-9-10)12-2-1-6-20(12)13-4-7-21-14(19-13)3-5-18-21/h3-5,7-9,12H,1-2,6H2,(H,17,22)/t12-/m1/s1. The molecule has 0 radical (unpaired) electrons. The van der Waals surface area contributed by atoms with E-state index in [-0.39, 0.29) is 11.6 Å². The van der Waals surface area contributed by atoms with Crippen LogP contribution in [0.15, 0.2) is 41.6 Å². The molecule has 1 N–H and O–H groups in total. The molecule has 6 nitrogen and oxygen atoms in total. The average molecular weight is 299 g/mol. The van der Waals surface area contributed by atoms with Crippen molar-refractivity contribution in [1.29, 1.82) is 0 Å². The van der Waals surface area contributed by atoms with Crippen LogP contribution in [0.4, 0.5) is 10.2 Å². The molecular weight excluding hydrogens is 285 g/mol. The summed E-state index contributed by atoms with van der Waals surface area (Å²) >= 11 is 0. The molecule has 0 bridgehead atoms. The molecule has 0 aliphatic carbocycles. The lowest BCUT2D eigenvalue weighted by molar-refractivity contribution is 0.607. The molecule has 112 valence electrons. The van der Waals surface area contributed by atoms with Gasteiger partial charge in [0.15, 0.2) is 5.65 Å². The zero-order valence-corrected chi connectivity index (χ0v) is 11.7. The Morgan fingerprint density at radius 2 is 2.27 bits per heavy atom. The van der Waals surface area contributed by atoms with Gasteiger partial charge in [0.05, 0.1) is 12.2 Å². The minimum Gasteiger partial charge on any atom is -0.349 e. The topological polar surface area (TPSA) is 66.3 Å². The first-order valence-corrected chi connectivity index (χ1v) is 7.17. The summed E-state index contributed by atoms with van der Waals surface area (Å²) in [5, 5.41) is 4.12. The van der Waals surface area contributed by atoms with E-state index in [0.29, 0.717) is 5.56 Å². The third kappa shape index (κ3) is 2.05. The second-order valence-corrected chi connectivity index (χ2v) is 5.37. The van der Waals surface area contributed by atoms with Crippen LogP contribution in [0.2, 0.25) is 0 Å². The Morgan fingerprint density at radius 3 is 3.18 bits per heavy atom. The van der Waals surface area contributed by atoms with E-state index in [4.69, 9.17) is 0 Å². The Kier molecular flexibility index (Phi) is 2.92. The normalized spacial score (nSPS) is 18.2. The maximum Gasteiger partial charge on any atom is 0.253 e. The van der Waals surface area contributed by atoms with E-state index in [1.54, 1.807) is 10.7 Å². The lowest BCUT2D eigenvalue weighted by Crippen LogP contribution is -2.28. The van der Waals surface area contributed by atoms with Crippen LogP contribution in [-0.4, -0.2) is 26.1 Å². The number of aromatic nitrogens is 4. The maximum atomic E-state index is 13.5. The fourth-order valence-electron chi connectivity index (χ4n) is 3.05. The SMILES string of the molecule is O=c1[nH]cc(F)cc1[C@H]1CCCN1c1ccn2nccc2n1. The summed E-state index contributed by atoms with van der Waals surface area (Å²) in [4.78, 5) is 21.1. The van der Waals surface area contributed by atoms with Crippen LogP contribution >= 0.6 is 0 Å². The molecule has 22 heavy (non-hydrogen) atoms. The zero-order chi connectivity index (χ0) is 15.1. The lowest BCUT2D eigenvalue weighted by atomic mass is 10.1. The smallest absolute Gasteiger partial charge is 0.253 e. The molecule has 1 atom stereocenters. The molecule has 4 heterocycles. The molecule has 3 aromatic heterocycles. The molecular formula is C15H14FN5O. The monoisotopic (exact) mass is 299 g/mol. The van der Waals surface area contributed by atoms with E-state index in [0.717, 1.165) is 37.0 Å². The molecule has 0 amide bonds. The lowest BCUT2D eigenvalue weighted by Gasteiger charge is -2.25. The number of halogens is 1. The van der Waals surface area contributed by atoms with Gasteiger partial charge in [-0.2, -0.15) is 5.10 Å². The number of aromatic amines is 1. The maximum absolute atomic E-state index is 13.5. The number of rotatable bonds is 2. The summed E-state index contributed by atoms with van der Waals surface area (Å²) in [5.41, 5.74) is 0.952. The summed E-state index contributed by atoms with van der Waals surface area (Å²) in [6.45, 7) is 0.790. The zero-order valence-electron chi connectivity index (χ0n) is 11.7. The van der Waals surface area contributed by atoms with Gasteiger partial charge in [0.25, 0.3) is 5.56 Å². The van der Waals surface area contributed by atoms with Crippen LogP contribution in [-0.2, 0) is 0 Å². The van der Waals surface area contributed by atoms with Crippen molar-refractivity contribution in [1.82, 2.24) is 19.6 Å². The van der Waals surface area contributed by atoms with Gasteiger partial charge < -0.3 is 9.88 Å². The predicted molar refractivity (Wildman–Crippen MR) is 79.3 cm³/mol. The van der Waals surface area contributed by atoms with Gasteiger partial charge in [0.2, 0.25) is 0 Å². The molecule has 1 aliphatic heterocycles. The highest BCUT2D eigenvalue weighted by atomic mass is 19.1. The molecule has 1 aliphatic rings. The first kappa shape index (κ1) is 13.0. The quantitative estimate of drug-likeness (QED) is 0.785. The van der Waals surface area contributed by atoms with Crippen molar-refractivity contribution >= 4 is 11.5 Å². The molecule has 0 unspecified atom stereocenters. The Bertz CT molecular complexity index is 887. The molecule has 0 spiro atoms.